The molecule has 0 aliphatic carbocycles. The lowest BCUT2D eigenvalue weighted by Crippen LogP contribution is -2.40. The molecule has 37 heavy (non-hydrogen) atoms. The normalized spacial score (nSPS) is 17.3. The van der Waals surface area contributed by atoms with E-state index in [1.54, 1.807) is 57.2 Å². The molecule has 9 nitrogen and oxygen atoms in total. The van der Waals surface area contributed by atoms with Crippen molar-refractivity contribution in [1.29, 1.82) is 0 Å². The van der Waals surface area contributed by atoms with Crippen LogP contribution in [-0.4, -0.2) is 55.0 Å². The van der Waals surface area contributed by atoms with Crippen molar-refractivity contribution < 1.29 is 18.6 Å². The van der Waals surface area contributed by atoms with E-state index < -0.39 is 28.9 Å². The lowest BCUT2D eigenvalue weighted by atomic mass is 10.1. The lowest BCUT2D eigenvalue weighted by molar-refractivity contribution is 0.238. The van der Waals surface area contributed by atoms with E-state index in [0.29, 0.717) is 17.1 Å². The van der Waals surface area contributed by atoms with Crippen LogP contribution in [-0.2, 0) is 10.0 Å². The molecule has 0 bridgehead atoms. The fraction of sp³-hybridized carbons (Fsp3) is 0.407. The first kappa shape index (κ1) is 21.8. The molecule has 1 aromatic heterocycles. The molecule has 1 unspecified atom stereocenters. The van der Waals surface area contributed by atoms with Gasteiger partial charge in [0.15, 0.2) is 0 Å². The standard InChI is InChI=1S/C27H36N6O3S/c1-20-19-28-26(30-21-10-12-23(13-11-21)36-17-16-33-14-5-6-15-33)31-25(20)29-22-8-7-9-24(18-22)37(34,35)32-27(2,3)4/h7-13,18-19,32H,5-6,14-17H2,1-4H3,(H2,28,29,30,31)/i1D3,16D. The predicted octanol–water partition coefficient (Wildman–Crippen LogP) is 4.82. The maximum Gasteiger partial charge on any atom is 0.241 e. The summed E-state index contributed by atoms with van der Waals surface area (Å²) in [5.74, 6) is 0.792. The smallest absolute Gasteiger partial charge is 0.241 e. The van der Waals surface area contributed by atoms with Gasteiger partial charge in [-0.3, -0.25) is 4.90 Å². The molecule has 198 valence electrons. The molecule has 1 fully saturated rings. The zero-order chi connectivity index (χ0) is 29.8. The molecule has 0 amide bonds. The highest BCUT2D eigenvalue weighted by molar-refractivity contribution is 7.89. The molecule has 0 saturated carbocycles. The van der Waals surface area contributed by atoms with Gasteiger partial charge in [-0.25, -0.2) is 18.1 Å². The van der Waals surface area contributed by atoms with Crippen molar-refractivity contribution in [3.63, 3.8) is 0 Å². The van der Waals surface area contributed by atoms with Crippen molar-refractivity contribution >= 4 is 33.2 Å². The minimum Gasteiger partial charge on any atom is -0.492 e. The van der Waals surface area contributed by atoms with Crippen LogP contribution < -0.4 is 20.1 Å². The number of anilines is 4. The van der Waals surface area contributed by atoms with Crippen LogP contribution in [0.15, 0.2) is 59.6 Å². The number of hydrogen-bond acceptors (Lipinski definition) is 8. The number of ether oxygens (including phenoxy) is 1. The predicted molar refractivity (Wildman–Crippen MR) is 147 cm³/mol. The number of nitrogens with one attached hydrogen (secondary N) is 3. The van der Waals surface area contributed by atoms with Crippen LogP contribution in [0.1, 0.15) is 44.7 Å². The Morgan fingerprint density at radius 2 is 1.84 bits per heavy atom. The summed E-state index contributed by atoms with van der Waals surface area (Å²) in [6.07, 6.45) is 3.45. The third-order valence-electron chi connectivity index (χ3n) is 5.47. The van der Waals surface area contributed by atoms with Crippen LogP contribution in [0.5, 0.6) is 5.75 Å². The van der Waals surface area contributed by atoms with Crippen LogP contribution >= 0.6 is 0 Å². The summed E-state index contributed by atoms with van der Waals surface area (Å²) in [4.78, 5) is 10.7. The van der Waals surface area contributed by atoms with Crippen molar-refractivity contribution in [1.82, 2.24) is 19.6 Å². The molecular weight excluding hydrogens is 488 g/mol. The molecule has 4 rings (SSSR count). The highest BCUT2D eigenvalue weighted by atomic mass is 32.2. The van der Waals surface area contributed by atoms with E-state index >= 15 is 0 Å². The number of nitrogens with zero attached hydrogens (tertiary/aromatic N) is 3. The molecule has 3 N–H and O–H groups in total. The Balaban J connectivity index is 1.49. The van der Waals surface area contributed by atoms with E-state index in [-0.39, 0.29) is 28.8 Å². The van der Waals surface area contributed by atoms with Crippen LogP contribution in [0.4, 0.5) is 23.1 Å². The third-order valence-corrected chi connectivity index (χ3v) is 7.23. The minimum atomic E-state index is -3.81. The van der Waals surface area contributed by atoms with Crippen LogP contribution in [0.2, 0.25) is 0 Å². The summed E-state index contributed by atoms with van der Waals surface area (Å²) >= 11 is 0. The average Bonchev–Trinajstić information content (AvgIpc) is 3.42. The van der Waals surface area contributed by atoms with Gasteiger partial charge in [-0.05, 0) is 96.0 Å². The number of hydrogen-bond donors (Lipinski definition) is 3. The second kappa shape index (κ2) is 11.5. The Hall–Kier alpha value is -3.21. The number of aromatic nitrogens is 2. The number of likely N-dealkylation sites (tertiary alicyclic amines) is 1. The number of sulfonamides is 1. The molecule has 0 radical (unpaired) electrons. The quantitative estimate of drug-likeness (QED) is 0.344. The first-order valence-corrected chi connectivity index (χ1v) is 13.6. The highest BCUT2D eigenvalue weighted by Gasteiger charge is 2.22. The van der Waals surface area contributed by atoms with Gasteiger partial charge in [0.25, 0.3) is 0 Å². The SMILES string of the molecule is [2H]C(COc1ccc(Nc2ncc(C([2H])([2H])[2H])c(Nc3cccc(S(=O)(=O)NC(C)(C)C)c3)n2)cc1)N1CCCC1. The van der Waals surface area contributed by atoms with Gasteiger partial charge >= 0.3 is 0 Å². The zero-order valence-corrected chi connectivity index (χ0v) is 22.1. The Bertz CT molecular complexity index is 1440. The van der Waals surface area contributed by atoms with E-state index in [0.717, 1.165) is 25.9 Å². The summed E-state index contributed by atoms with van der Waals surface area (Å²) in [5.41, 5.74) is 0.204. The Kier molecular flexibility index (Phi) is 6.76. The summed E-state index contributed by atoms with van der Waals surface area (Å²) in [6, 6.07) is 13.1. The second-order valence-corrected chi connectivity index (χ2v) is 11.5. The summed E-state index contributed by atoms with van der Waals surface area (Å²) in [7, 11) is -3.81. The molecule has 3 aromatic rings. The van der Waals surface area contributed by atoms with Crippen molar-refractivity contribution in [2.75, 3.05) is 36.9 Å². The van der Waals surface area contributed by atoms with E-state index in [1.165, 1.54) is 18.3 Å². The Morgan fingerprint density at radius 1 is 1.08 bits per heavy atom. The van der Waals surface area contributed by atoms with Gasteiger partial charge in [0.05, 0.1) is 4.90 Å². The van der Waals surface area contributed by atoms with E-state index in [1.807, 2.05) is 0 Å². The van der Waals surface area contributed by atoms with Gasteiger partial charge in [-0.1, -0.05) is 6.07 Å². The van der Waals surface area contributed by atoms with Crippen molar-refractivity contribution in [2.45, 2.75) is 50.9 Å². The molecular formula is C27H36N6O3S. The molecule has 1 atom stereocenters. The van der Waals surface area contributed by atoms with Gasteiger partial charge in [0.2, 0.25) is 16.0 Å². The molecule has 2 aromatic carbocycles. The Labute approximate surface area is 225 Å². The van der Waals surface area contributed by atoms with Gasteiger partial charge in [0, 0.05) is 40.7 Å². The van der Waals surface area contributed by atoms with Crippen LogP contribution in [0, 0.1) is 6.85 Å². The molecule has 0 spiro atoms. The van der Waals surface area contributed by atoms with Gasteiger partial charge in [-0.2, -0.15) is 4.98 Å². The molecule has 1 aliphatic heterocycles. The van der Waals surface area contributed by atoms with E-state index in [4.69, 9.17) is 10.2 Å². The van der Waals surface area contributed by atoms with E-state index in [2.05, 4.69) is 30.2 Å². The average molecular weight is 529 g/mol. The monoisotopic (exact) mass is 528 g/mol. The fourth-order valence-electron chi connectivity index (χ4n) is 3.80. The summed E-state index contributed by atoms with van der Waals surface area (Å²) < 4.78 is 66.0. The van der Waals surface area contributed by atoms with Crippen LogP contribution in [0.3, 0.4) is 0 Å². The lowest BCUT2D eigenvalue weighted by Gasteiger charge is -2.20. The largest absolute Gasteiger partial charge is 0.492 e. The topological polar surface area (TPSA) is 108 Å². The number of aryl methyl sites for hydroxylation is 1. The van der Waals surface area contributed by atoms with Crippen molar-refractivity contribution in [3.8, 4) is 5.75 Å². The first-order valence-electron chi connectivity index (χ1n) is 14.2. The Morgan fingerprint density at radius 3 is 2.54 bits per heavy atom. The maximum atomic E-state index is 12.8. The zero-order valence-electron chi connectivity index (χ0n) is 25.3. The summed E-state index contributed by atoms with van der Waals surface area (Å²) in [6.45, 7) is 4.45. The van der Waals surface area contributed by atoms with Crippen molar-refractivity contribution in [2.24, 2.45) is 0 Å². The maximum absolute atomic E-state index is 12.8. The molecule has 2 heterocycles. The van der Waals surface area contributed by atoms with Gasteiger partial charge in [-0.15, -0.1) is 0 Å². The minimum absolute atomic E-state index is 0.0178. The fourth-order valence-corrected chi connectivity index (χ4v) is 5.27. The number of rotatable bonds is 10. The number of benzene rings is 2. The van der Waals surface area contributed by atoms with Gasteiger partial charge in [0.1, 0.15) is 18.2 Å². The molecule has 1 saturated heterocycles. The summed E-state index contributed by atoms with van der Waals surface area (Å²) in [5, 5.41) is 6.01. The third kappa shape index (κ3) is 7.88. The van der Waals surface area contributed by atoms with Crippen LogP contribution in [0.25, 0.3) is 0 Å². The van der Waals surface area contributed by atoms with Gasteiger partial charge < -0.3 is 15.4 Å². The second-order valence-electron chi connectivity index (χ2n) is 9.85. The van der Waals surface area contributed by atoms with Crippen molar-refractivity contribution in [3.05, 3.63) is 60.3 Å². The first-order chi connectivity index (χ1) is 19.2. The molecule has 10 heteroatoms. The van der Waals surface area contributed by atoms with E-state index in [9.17, 15) is 8.42 Å². The molecule has 1 aliphatic rings. The highest BCUT2D eigenvalue weighted by Crippen LogP contribution is 2.24.